The summed E-state index contributed by atoms with van der Waals surface area (Å²) in [5, 5.41) is 7.00. The molecule has 1 aromatic heterocycles. The molecule has 0 radical (unpaired) electrons. The van der Waals surface area contributed by atoms with Crippen LogP contribution in [0.15, 0.2) is 4.73 Å². The highest BCUT2D eigenvalue weighted by molar-refractivity contribution is 9.10. The van der Waals surface area contributed by atoms with E-state index >= 15 is 0 Å². The molecule has 3 nitrogen and oxygen atoms in total. The van der Waals surface area contributed by atoms with Crippen molar-refractivity contribution in [3.8, 4) is 0 Å². The molecular weight excluding hydrogens is 250 g/mol. The molecule has 1 saturated heterocycles. The first-order valence-corrected chi connectivity index (χ1v) is 6.32. The molecule has 72 valence electrons. The molecule has 0 bridgehead atoms. The van der Waals surface area contributed by atoms with E-state index in [0.29, 0.717) is 4.73 Å². The molecule has 5 heteroatoms. The van der Waals surface area contributed by atoms with Crippen LogP contribution >= 0.6 is 27.7 Å². The number of hydrogen-bond donors (Lipinski definition) is 1. The van der Waals surface area contributed by atoms with Crippen molar-refractivity contribution in [3.05, 3.63) is 10.6 Å². The summed E-state index contributed by atoms with van der Waals surface area (Å²) < 4.78 is 0.666. The number of rotatable bonds is 1. The summed E-state index contributed by atoms with van der Waals surface area (Å²) in [7, 11) is 0. The van der Waals surface area contributed by atoms with Gasteiger partial charge in [0.2, 0.25) is 4.73 Å². The number of aromatic amines is 1. The molecule has 0 amide bonds. The fraction of sp³-hybridized carbons (Fsp3) is 0.750. The van der Waals surface area contributed by atoms with Gasteiger partial charge in [0.05, 0.1) is 0 Å². The first-order chi connectivity index (χ1) is 6.21. The Morgan fingerprint density at radius 3 is 3.00 bits per heavy atom. The average molecular weight is 262 g/mol. The van der Waals surface area contributed by atoms with E-state index in [1.807, 2.05) is 11.8 Å². The second kappa shape index (κ2) is 3.61. The summed E-state index contributed by atoms with van der Waals surface area (Å²) in [6, 6.07) is 0. The van der Waals surface area contributed by atoms with Crippen molar-refractivity contribution in [1.82, 2.24) is 15.2 Å². The van der Waals surface area contributed by atoms with Crippen LogP contribution in [0.4, 0.5) is 0 Å². The van der Waals surface area contributed by atoms with Gasteiger partial charge in [0.25, 0.3) is 0 Å². The van der Waals surface area contributed by atoms with Crippen molar-refractivity contribution in [3.63, 3.8) is 0 Å². The summed E-state index contributed by atoms with van der Waals surface area (Å²) in [5.41, 5.74) is 0.196. The molecule has 2 rings (SSSR count). The van der Waals surface area contributed by atoms with E-state index in [2.05, 4.69) is 38.0 Å². The maximum absolute atomic E-state index is 4.34. The fourth-order valence-electron chi connectivity index (χ4n) is 1.63. The molecule has 0 spiro atoms. The van der Waals surface area contributed by atoms with Gasteiger partial charge < -0.3 is 0 Å². The highest BCUT2D eigenvalue weighted by Gasteiger charge is 2.32. The lowest BCUT2D eigenvalue weighted by Gasteiger charge is -2.30. The minimum Gasteiger partial charge on any atom is -0.262 e. The molecule has 1 unspecified atom stereocenters. The Hall–Kier alpha value is -0.0300. The standard InChI is InChI=1S/C8H12BrN3S/c1-8(3-2-4-13-5-8)6-10-7(9)12-11-6/h2-5H2,1H3,(H,10,11,12). The van der Waals surface area contributed by atoms with Crippen LogP contribution in [-0.4, -0.2) is 26.7 Å². The van der Waals surface area contributed by atoms with E-state index in [4.69, 9.17) is 0 Å². The Labute approximate surface area is 90.2 Å². The first-order valence-electron chi connectivity index (χ1n) is 4.37. The van der Waals surface area contributed by atoms with Crippen molar-refractivity contribution < 1.29 is 0 Å². The smallest absolute Gasteiger partial charge is 0.217 e. The molecule has 1 atom stereocenters. The van der Waals surface area contributed by atoms with Crippen LogP contribution in [0.1, 0.15) is 25.6 Å². The third kappa shape index (κ3) is 1.91. The maximum Gasteiger partial charge on any atom is 0.217 e. The van der Waals surface area contributed by atoms with Gasteiger partial charge in [-0.05, 0) is 34.5 Å². The van der Waals surface area contributed by atoms with Crippen LogP contribution in [0, 0.1) is 0 Å². The topological polar surface area (TPSA) is 41.6 Å². The zero-order valence-electron chi connectivity index (χ0n) is 7.51. The summed E-state index contributed by atoms with van der Waals surface area (Å²) >= 11 is 5.27. The number of thioether (sulfide) groups is 1. The van der Waals surface area contributed by atoms with Gasteiger partial charge in [-0.3, -0.25) is 5.10 Å². The summed E-state index contributed by atoms with van der Waals surface area (Å²) in [5.74, 6) is 3.45. The van der Waals surface area contributed by atoms with Crippen LogP contribution in [-0.2, 0) is 5.41 Å². The molecule has 1 N–H and O–H groups in total. The second-order valence-electron chi connectivity index (χ2n) is 3.67. The van der Waals surface area contributed by atoms with Crippen molar-refractivity contribution in [1.29, 1.82) is 0 Å². The van der Waals surface area contributed by atoms with Gasteiger partial charge in [-0.1, -0.05) is 6.92 Å². The molecule has 0 aromatic carbocycles. The monoisotopic (exact) mass is 261 g/mol. The van der Waals surface area contributed by atoms with Crippen molar-refractivity contribution in [2.75, 3.05) is 11.5 Å². The Morgan fingerprint density at radius 2 is 2.46 bits per heavy atom. The predicted octanol–water partition coefficient (Wildman–Crippen LogP) is 2.35. The van der Waals surface area contributed by atoms with Crippen LogP contribution in [0.5, 0.6) is 0 Å². The molecule has 0 aliphatic carbocycles. The lowest BCUT2D eigenvalue weighted by molar-refractivity contribution is 0.446. The highest BCUT2D eigenvalue weighted by atomic mass is 79.9. The summed E-state index contributed by atoms with van der Waals surface area (Å²) in [6.45, 7) is 2.26. The maximum atomic E-state index is 4.34. The largest absolute Gasteiger partial charge is 0.262 e. The number of aromatic nitrogens is 3. The fourth-order valence-corrected chi connectivity index (χ4v) is 3.12. The lowest BCUT2D eigenvalue weighted by atomic mass is 9.86. The van der Waals surface area contributed by atoms with Gasteiger partial charge in [-0.15, -0.1) is 5.10 Å². The Morgan fingerprint density at radius 1 is 1.62 bits per heavy atom. The molecule has 1 aliphatic heterocycles. The number of H-pyrrole nitrogens is 1. The lowest BCUT2D eigenvalue weighted by Crippen LogP contribution is -2.30. The highest BCUT2D eigenvalue weighted by Crippen LogP contribution is 2.35. The summed E-state index contributed by atoms with van der Waals surface area (Å²) in [6.07, 6.45) is 2.49. The third-order valence-electron chi connectivity index (χ3n) is 2.47. The zero-order valence-corrected chi connectivity index (χ0v) is 9.91. The zero-order chi connectivity index (χ0) is 9.31. The molecule has 0 saturated carbocycles. The van der Waals surface area contributed by atoms with Gasteiger partial charge in [-0.25, -0.2) is 4.98 Å². The van der Waals surface area contributed by atoms with Gasteiger partial charge in [-0.2, -0.15) is 11.8 Å². The average Bonchev–Trinajstić information content (AvgIpc) is 2.54. The van der Waals surface area contributed by atoms with Gasteiger partial charge in [0.15, 0.2) is 0 Å². The van der Waals surface area contributed by atoms with E-state index in [1.165, 1.54) is 18.6 Å². The molecule has 1 fully saturated rings. The number of nitrogens with zero attached hydrogens (tertiary/aromatic N) is 2. The van der Waals surface area contributed by atoms with Crippen molar-refractivity contribution in [2.45, 2.75) is 25.2 Å². The van der Waals surface area contributed by atoms with E-state index in [-0.39, 0.29) is 5.41 Å². The minimum absolute atomic E-state index is 0.196. The molecule has 1 aromatic rings. The van der Waals surface area contributed by atoms with E-state index in [1.54, 1.807) is 0 Å². The third-order valence-corrected chi connectivity index (χ3v) is 4.24. The van der Waals surface area contributed by atoms with Crippen molar-refractivity contribution in [2.24, 2.45) is 0 Å². The van der Waals surface area contributed by atoms with Crippen LogP contribution in [0.2, 0.25) is 0 Å². The van der Waals surface area contributed by atoms with E-state index < -0.39 is 0 Å². The predicted molar refractivity (Wildman–Crippen MR) is 58.0 cm³/mol. The summed E-state index contributed by atoms with van der Waals surface area (Å²) in [4.78, 5) is 4.34. The van der Waals surface area contributed by atoms with Crippen LogP contribution in [0.25, 0.3) is 0 Å². The van der Waals surface area contributed by atoms with Crippen molar-refractivity contribution >= 4 is 27.7 Å². The Kier molecular flexibility index (Phi) is 2.65. The van der Waals surface area contributed by atoms with Gasteiger partial charge >= 0.3 is 0 Å². The first kappa shape index (κ1) is 9.52. The molecular formula is C8H12BrN3S. The molecule has 2 heterocycles. The Balaban J connectivity index is 2.22. The van der Waals surface area contributed by atoms with E-state index in [0.717, 1.165) is 11.6 Å². The van der Waals surface area contributed by atoms with E-state index in [9.17, 15) is 0 Å². The number of hydrogen-bond acceptors (Lipinski definition) is 3. The number of halogens is 1. The SMILES string of the molecule is CC1(c2nc(Br)n[nH]2)CCCSC1. The van der Waals surface area contributed by atoms with Crippen LogP contribution in [0.3, 0.4) is 0 Å². The van der Waals surface area contributed by atoms with Gasteiger partial charge in [0.1, 0.15) is 5.82 Å². The molecule has 1 aliphatic rings. The molecule has 13 heavy (non-hydrogen) atoms. The quantitative estimate of drug-likeness (QED) is 0.844. The second-order valence-corrected chi connectivity index (χ2v) is 5.48. The number of nitrogens with one attached hydrogen (secondary N) is 1. The normalized spacial score (nSPS) is 29.1. The Bertz CT molecular complexity index is 293. The van der Waals surface area contributed by atoms with Gasteiger partial charge in [0, 0.05) is 11.2 Å². The van der Waals surface area contributed by atoms with Crippen LogP contribution < -0.4 is 0 Å². The minimum atomic E-state index is 0.196.